The first kappa shape index (κ1) is 19.1. The van der Waals surface area contributed by atoms with Crippen molar-refractivity contribution in [2.24, 2.45) is 7.05 Å². The van der Waals surface area contributed by atoms with E-state index in [2.05, 4.69) is 10.6 Å². The monoisotopic (exact) mass is 408 g/mol. The molecule has 29 heavy (non-hydrogen) atoms. The fourth-order valence-electron chi connectivity index (χ4n) is 3.26. The van der Waals surface area contributed by atoms with Gasteiger partial charge in [0.25, 0.3) is 11.5 Å². The van der Waals surface area contributed by atoms with Gasteiger partial charge < -0.3 is 10.6 Å². The van der Waals surface area contributed by atoms with E-state index in [1.165, 1.54) is 4.68 Å². The van der Waals surface area contributed by atoms with E-state index in [0.29, 0.717) is 34.8 Å². The lowest BCUT2D eigenvalue weighted by Gasteiger charge is -2.09. The number of para-hydroxylation sites is 1. The maximum absolute atomic E-state index is 13.0. The summed E-state index contributed by atoms with van der Waals surface area (Å²) in [7, 11) is 1.77. The van der Waals surface area contributed by atoms with Crippen LogP contribution in [0.5, 0.6) is 0 Å². The van der Waals surface area contributed by atoms with Crippen LogP contribution in [0.25, 0.3) is 5.69 Å². The number of anilines is 2. The lowest BCUT2D eigenvalue weighted by atomic mass is 10.1. The molecule has 148 valence electrons. The number of nitrogens with zero attached hydrogens (tertiary/aromatic N) is 2. The third-order valence-corrected chi connectivity index (χ3v) is 5.97. The van der Waals surface area contributed by atoms with E-state index < -0.39 is 5.91 Å². The van der Waals surface area contributed by atoms with Gasteiger partial charge in [-0.05, 0) is 37.3 Å². The van der Waals surface area contributed by atoms with Crippen molar-refractivity contribution in [1.29, 1.82) is 0 Å². The van der Waals surface area contributed by atoms with Gasteiger partial charge in [0.05, 0.1) is 17.1 Å². The van der Waals surface area contributed by atoms with Crippen molar-refractivity contribution >= 4 is 35.0 Å². The molecule has 0 aliphatic carbocycles. The van der Waals surface area contributed by atoms with Gasteiger partial charge in [0.15, 0.2) is 0 Å². The molecule has 0 saturated carbocycles. The first-order valence-corrected chi connectivity index (χ1v) is 10.2. The zero-order valence-corrected chi connectivity index (χ0v) is 16.9. The van der Waals surface area contributed by atoms with Crippen molar-refractivity contribution < 1.29 is 9.59 Å². The lowest BCUT2D eigenvalue weighted by Crippen LogP contribution is -2.23. The van der Waals surface area contributed by atoms with Gasteiger partial charge in [-0.1, -0.05) is 18.2 Å². The highest BCUT2D eigenvalue weighted by Crippen LogP contribution is 2.31. The summed E-state index contributed by atoms with van der Waals surface area (Å²) in [5, 5.41) is 5.58. The van der Waals surface area contributed by atoms with Gasteiger partial charge in [0.1, 0.15) is 5.69 Å². The van der Waals surface area contributed by atoms with Crippen LogP contribution in [0.2, 0.25) is 0 Å². The van der Waals surface area contributed by atoms with E-state index in [9.17, 15) is 14.4 Å². The molecule has 0 atom stereocenters. The largest absolute Gasteiger partial charge is 0.325 e. The molecule has 2 N–H and O–H groups in total. The number of benzene rings is 2. The summed E-state index contributed by atoms with van der Waals surface area (Å²) in [6, 6.07) is 14.4. The standard InChI is InChI=1S/C21H20N4O3S/c1-13-19(21(28)25(24(13)2)15-6-4-3-5-7-15)23-20(27)14-8-9-17-16(12-14)22-18(26)10-11-29-17/h3-9,12H,10-11H2,1-2H3,(H,22,26)(H,23,27). The van der Waals surface area contributed by atoms with Crippen molar-refractivity contribution in [3.63, 3.8) is 0 Å². The van der Waals surface area contributed by atoms with Crippen LogP contribution in [0, 0.1) is 6.92 Å². The molecule has 0 bridgehead atoms. The predicted molar refractivity (Wildman–Crippen MR) is 114 cm³/mol. The first-order valence-electron chi connectivity index (χ1n) is 9.18. The van der Waals surface area contributed by atoms with E-state index in [1.54, 1.807) is 42.5 Å². The fraction of sp³-hybridized carbons (Fsp3) is 0.190. The Morgan fingerprint density at radius 1 is 1.14 bits per heavy atom. The Morgan fingerprint density at radius 3 is 2.66 bits per heavy atom. The molecular formula is C21H20N4O3S. The van der Waals surface area contributed by atoms with Gasteiger partial charge in [-0.25, -0.2) is 4.68 Å². The second-order valence-corrected chi connectivity index (χ2v) is 7.88. The molecular weight excluding hydrogens is 388 g/mol. The molecule has 0 spiro atoms. The van der Waals surface area contributed by atoms with Crippen molar-refractivity contribution in [2.75, 3.05) is 16.4 Å². The maximum atomic E-state index is 13.0. The molecule has 1 aliphatic heterocycles. The summed E-state index contributed by atoms with van der Waals surface area (Å²) in [4.78, 5) is 38.5. The zero-order valence-electron chi connectivity index (χ0n) is 16.1. The number of carbonyl (C=O) groups is 2. The highest BCUT2D eigenvalue weighted by atomic mass is 32.2. The average molecular weight is 408 g/mol. The van der Waals surface area contributed by atoms with Gasteiger partial charge in [0.2, 0.25) is 5.91 Å². The number of rotatable bonds is 3. The van der Waals surface area contributed by atoms with Crippen LogP contribution in [-0.2, 0) is 11.8 Å². The Kier molecular flexibility index (Phi) is 5.02. The van der Waals surface area contributed by atoms with E-state index in [4.69, 9.17) is 0 Å². The minimum Gasteiger partial charge on any atom is -0.325 e. The first-order chi connectivity index (χ1) is 14.0. The van der Waals surface area contributed by atoms with Crippen molar-refractivity contribution in [1.82, 2.24) is 9.36 Å². The number of fused-ring (bicyclic) bond motifs is 1. The zero-order chi connectivity index (χ0) is 20.5. The van der Waals surface area contributed by atoms with Crippen molar-refractivity contribution in [3.05, 3.63) is 70.1 Å². The Morgan fingerprint density at radius 2 is 1.90 bits per heavy atom. The molecule has 0 fully saturated rings. The second kappa shape index (κ2) is 7.63. The number of nitrogens with one attached hydrogen (secondary N) is 2. The summed E-state index contributed by atoms with van der Waals surface area (Å²) >= 11 is 1.57. The normalized spacial score (nSPS) is 13.4. The van der Waals surface area contributed by atoms with Crippen molar-refractivity contribution in [3.8, 4) is 5.69 Å². The SMILES string of the molecule is Cc1c(NC(=O)c2ccc3c(c2)NC(=O)CCS3)c(=O)n(-c2ccccc2)n1C. The van der Waals surface area contributed by atoms with Gasteiger partial charge in [-0.2, -0.15) is 0 Å². The molecule has 8 heteroatoms. The third kappa shape index (κ3) is 3.58. The van der Waals surface area contributed by atoms with Crippen LogP contribution in [0.15, 0.2) is 58.2 Å². The van der Waals surface area contributed by atoms with Crippen LogP contribution in [-0.4, -0.2) is 26.9 Å². The van der Waals surface area contributed by atoms with E-state index in [1.807, 2.05) is 36.4 Å². The Bertz CT molecular complexity index is 1160. The summed E-state index contributed by atoms with van der Waals surface area (Å²) in [6.45, 7) is 1.78. The highest BCUT2D eigenvalue weighted by molar-refractivity contribution is 7.99. The minimum absolute atomic E-state index is 0.0709. The molecule has 0 radical (unpaired) electrons. The number of hydrogen-bond donors (Lipinski definition) is 2. The van der Waals surface area contributed by atoms with E-state index in [-0.39, 0.29) is 17.2 Å². The average Bonchev–Trinajstić information content (AvgIpc) is 2.85. The van der Waals surface area contributed by atoms with Gasteiger partial charge in [0, 0.05) is 29.7 Å². The molecule has 7 nitrogen and oxygen atoms in total. The maximum Gasteiger partial charge on any atom is 0.295 e. The third-order valence-electron chi connectivity index (χ3n) is 4.90. The molecule has 2 heterocycles. The number of aromatic nitrogens is 2. The topological polar surface area (TPSA) is 85.1 Å². The molecule has 2 amide bonds. The van der Waals surface area contributed by atoms with Crippen LogP contribution >= 0.6 is 11.8 Å². The number of amides is 2. The van der Waals surface area contributed by atoms with Crippen LogP contribution in [0.4, 0.5) is 11.4 Å². The molecule has 0 unspecified atom stereocenters. The van der Waals surface area contributed by atoms with Crippen LogP contribution in [0.1, 0.15) is 22.5 Å². The highest BCUT2D eigenvalue weighted by Gasteiger charge is 2.20. The molecule has 2 aromatic carbocycles. The quantitative estimate of drug-likeness (QED) is 0.697. The summed E-state index contributed by atoms with van der Waals surface area (Å²) in [6.07, 6.45) is 0.434. The molecule has 4 rings (SSSR count). The van der Waals surface area contributed by atoms with Crippen LogP contribution in [0.3, 0.4) is 0 Å². The Balaban J connectivity index is 1.66. The van der Waals surface area contributed by atoms with Gasteiger partial charge in [-0.3, -0.25) is 19.1 Å². The fourth-order valence-corrected chi connectivity index (χ4v) is 4.20. The summed E-state index contributed by atoms with van der Waals surface area (Å²) in [5.74, 6) is 0.229. The Hall–Kier alpha value is -3.26. The molecule has 3 aromatic rings. The molecule has 1 aromatic heterocycles. The lowest BCUT2D eigenvalue weighted by molar-refractivity contribution is -0.115. The number of carbonyl (C=O) groups excluding carboxylic acids is 2. The summed E-state index contributed by atoms with van der Waals surface area (Å²) in [5.41, 5.74) is 2.29. The molecule has 1 aliphatic rings. The second-order valence-electron chi connectivity index (χ2n) is 6.75. The molecule has 0 saturated heterocycles. The minimum atomic E-state index is -0.401. The number of thioether (sulfide) groups is 1. The Labute approximate surface area is 171 Å². The van der Waals surface area contributed by atoms with E-state index in [0.717, 1.165) is 4.90 Å². The van der Waals surface area contributed by atoms with E-state index >= 15 is 0 Å². The summed E-state index contributed by atoms with van der Waals surface area (Å²) < 4.78 is 3.22. The number of hydrogen-bond acceptors (Lipinski definition) is 4. The smallest absolute Gasteiger partial charge is 0.295 e. The van der Waals surface area contributed by atoms with Gasteiger partial charge in [-0.15, -0.1) is 11.8 Å². The van der Waals surface area contributed by atoms with Gasteiger partial charge >= 0.3 is 0 Å². The van der Waals surface area contributed by atoms with Crippen molar-refractivity contribution in [2.45, 2.75) is 18.2 Å². The predicted octanol–water partition coefficient (Wildman–Crippen LogP) is 3.17. The van der Waals surface area contributed by atoms with Crippen LogP contribution < -0.4 is 16.2 Å².